The van der Waals surface area contributed by atoms with E-state index in [0.717, 1.165) is 22.1 Å². The lowest BCUT2D eigenvalue weighted by Crippen LogP contribution is -2.14. The molecule has 0 spiro atoms. The average Bonchev–Trinajstić information content (AvgIpc) is 2.48. The molecular weight excluding hydrogens is 342 g/mol. The molecule has 0 amide bonds. The Kier molecular flexibility index (Phi) is 4.36. The highest BCUT2D eigenvalue weighted by Crippen LogP contribution is 2.13. The van der Waals surface area contributed by atoms with E-state index in [-0.39, 0.29) is 5.56 Å². The van der Waals surface area contributed by atoms with Crippen molar-refractivity contribution in [2.75, 3.05) is 0 Å². The van der Waals surface area contributed by atoms with Crippen LogP contribution in [0.2, 0.25) is 0 Å². The summed E-state index contributed by atoms with van der Waals surface area (Å²) in [7, 11) is 0. The Labute approximate surface area is 136 Å². The Balaban J connectivity index is 1.73. The largest absolute Gasteiger partial charge is 0.310 e. The summed E-state index contributed by atoms with van der Waals surface area (Å²) in [6.07, 6.45) is 0. The van der Waals surface area contributed by atoms with Crippen LogP contribution in [-0.2, 0) is 13.1 Å². The zero-order valence-corrected chi connectivity index (χ0v) is 13.8. The molecule has 0 saturated carbocycles. The lowest BCUT2D eigenvalue weighted by Gasteiger charge is -2.07. The summed E-state index contributed by atoms with van der Waals surface area (Å²) in [5.41, 5.74) is 2.93. The number of halogens is 1. The Morgan fingerprint density at radius 2 is 1.91 bits per heavy atom. The van der Waals surface area contributed by atoms with E-state index in [1.165, 1.54) is 5.56 Å². The first-order valence-corrected chi connectivity index (χ1v) is 7.86. The SMILES string of the molecule is Cc1nc2ccc(CNCc3cccc(Br)c3)cc2c(=O)[nH]1. The van der Waals surface area contributed by atoms with Gasteiger partial charge in [-0.05, 0) is 42.3 Å². The molecule has 0 aliphatic heterocycles. The van der Waals surface area contributed by atoms with Gasteiger partial charge in [0.2, 0.25) is 0 Å². The van der Waals surface area contributed by atoms with Gasteiger partial charge < -0.3 is 10.3 Å². The van der Waals surface area contributed by atoms with Gasteiger partial charge in [0.25, 0.3) is 5.56 Å². The molecule has 0 atom stereocenters. The monoisotopic (exact) mass is 357 g/mol. The van der Waals surface area contributed by atoms with Gasteiger partial charge in [-0.25, -0.2) is 4.98 Å². The maximum atomic E-state index is 12.0. The van der Waals surface area contributed by atoms with Crippen LogP contribution in [0.1, 0.15) is 17.0 Å². The Bertz CT molecular complexity index is 873. The van der Waals surface area contributed by atoms with Crippen LogP contribution in [-0.4, -0.2) is 9.97 Å². The molecule has 0 radical (unpaired) electrons. The number of hydrogen-bond donors (Lipinski definition) is 2. The van der Waals surface area contributed by atoms with E-state index in [2.05, 4.69) is 43.3 Å². The average molecular weight is 358 g/mol. The zero-order valence-electron chi connectivity index (χ0n) is 12.2. The number of fused-ring (bicyclic) bond motifs is 1. The van der Waals surface area contributed by atoms with Crippen molar-refractivity contribution in [2.45, 2.75) is 20.0 Å². The molecule has 0 aliphatic carbocycles. The summed E-state index contributed by atoms with van der Waals surface area (Å²) in [5, 5.41) is 4.02. The van der Waals surface area contributed by atoms with Crippen LogP contribution in [0.5, 0.6) is 0 Å². The number of nitrogens with zero attached hydrogens (tertiary/aromatic N) is 1. The topological polar surface area (TPSA) is 57.8 Å². The highest BCUT2D eigenvalue weighted by Gasteiger charge is 2.03. The van der Waals surface area contributed by atoms with Crippen molar-refractivity contribution >= 4 is 26.8 Å². The van der Waals surface area contributed by atoms with E-state index in [0.29, 0.717) is 17.8 Å². The zero-order chi connectivity index (χ0) is 15.5. The molecule has 5 heteroatoms. The molecule has 1 aromatic heterocycles. The normalized spacial score (nSPS) is 11.0. The smallest absolute Gasteiger partial charge is 0.258 e. The van der Waals surface area contributed by atoms with Gasteiger partial charge in [-0.1, -0.05) is 34.1 Å². The van der Waals surface area contributed by atoms with Crippen LogP contribution in [0.25, 0.3) is 10.9 Å². The maximum Gasteiger partial charge on any atom is 0.258 e. The molecule has 3 aromatic rings. The van der Waals surface area contributed by atoms with Crippen LogP contribution in [0, 0.1) is 6.92 Å². The van der Waals surface area contributed by atoms with E-state index in [1.54, 1.807) is 6.92 Å². The van der Waals surface area contributed by atoms with Gasteiger partial charge in [0.1, 0.15) is 5.82 Å². The second-order valence-corrected chi connectivity index (χ2v) is 6.15. The molecule has 112 valence electrons. The number of hydrogen-bond acceptors (Lipinski definition) is 3. The summed E-state index contributed by atoms with van der Waals surface area (Å²) >= 11 is 3.47. The van der Waals surface area contributed by atoms with Crippen molar-refractivity contribution in [1.82, 2.24) is 15.3 Å². The number of aromatic nitrogens is 2. The summed E-state index contributed by atoms with van der Waals surface area (Å²) in [5.74, 6) is 0.637. The molecule has 22 heavy (non-hydrogen) atoms. The summed E-state index contributed by atoms with van der Waals surface area (Å²) in [6.45, 7) is 3.27. The van der Waals surface area contributed by atoms with Crippen molar-refractivity contribution < 1.29 is 0 Å². The van der Waals surface area contributed by atoms with Crippen molar-refractivity contribution in [3.63, 3.8) is 0 Å². The fourth-order valence-electron chi connectivity index (χ4n) is 2.41. The molecule has 0 unspecified atom stereocenters. The Hall–Kier alpha value is -1.98. The van der Waals surface area contributed by atoms with Gasteiger partial charge in [-0.15, -0.1) is 0 Å². The highest BCUT2D eigenvalue weighted by molar-refractivity contribution is 9.10. The van der Waals surface area contributed by atoms with Gasteiger partial charge in [0.15, 0.2) is 0 Å². The third kappa shape index (κ3) is 3.43. The molecule has 0 saturated heterocycles. The van der Waals surface area contributed by atoms with Crippen molar-refractivity contribution in [3.8, 4) is 0 Å². The molecule has 4 nitrogen and oxygen atoms in total. The molecule has 0 bridgehead atoms. The lowest BCUT2D eigenvalue weighted by atomic mass is 10.1. The quantitative estimate of drug-likeness (QED) is 0.753. The fourth-order valence-corrected chi connectivity index (χ4v) is 2.86. The summed E-state index contributed by atoms with van der Waals surface area (Å²) in [4.78, 5) is 19.0. The highest BCUT2D eigenvalue weighted by atomic mass is 79.9. The predicted octanol–water partition coefficient (Wildman–Crippen LogP) is 3.28. The minimum Gasteiger partial charge on any atom is -0.310 e. The molecule has 0 fully saturated rings. The number of nitrogens with one attached hydrogen (secondary N) is 2. The first kappa shape index (κ1) is 14.9. The predicted molar refractivity (Wildman–Crippen MR) is 91.8 cm³/mol. The Morgan fingerprint density at radius 1 is 1.14 bits per heavy atom. The first-order valence-electron chi connectivity index (χ1n) is 7.06. The van der Waals surface area contributed by atoms with Crippen LogP contribution < -0.4 is 10.9 Å². The molecular formula is C17H16BrN3O. The van der Waals surface area contributed by atoms with Crippen LogP contribution in [0.4, 0.5) is 0 Å². The minimum atomic E-state index is -0.0867. The van der Waals surface area contributed by atoms with E-state index >= 15 is 0 Å². The van der Waals surface area contributed by atoms with Gasteiger partial charge in [-0.3, -0.25) is 4.79 Å². The molecule has 2 aromatic carbocycles. The lowest BCUT2D eigenvalue weighted by molar-refractivity contribution is 0.693. The van der Waals surface area contributed by atoms with E-state index in [9.17, 15) is 4.79 Å². The molecule has 3 rings (SSSR count). The molecule has 1 heterocycles. The van der Waals surface area contributed by atoms with Gasteiger partial charge in [0.05, 0.1) is 10.9 Å². The van der Waals surface area contributed by atoms with Crippen LogP contribution in [0.3, 0.4) is 0 Å². The third-order valence-corrected chi connectivity index (χ3v) is 3.93. The number of benzene rings is 2. The number of aromatic amines is 1. The fraction of sp³-hybridized carbons (Fsp3) is 0.176. The van der Waals surface area contributed by atoms with Crippen LogP contribution in [0.15, 0.2) is 51.7 Å². The van der Waals surface area contributed by atoms with Gasteiger partial charge in [-0.2, -0.15) is 0 Å². The van der Waals surface area contributed by atoms with Crippen LogP contribution >= 0.6 is 15.9 Å². The second-order valence-electron chi connectivity index (χ2n) is 5.24. The summed E-state index contributed by atoms with van der Waals surface area (Å²) < 4.78 is 1.07. The third-order valence-electron chi connectivity index (χ3n) is 3.44. The number of aryl methyl sites for hydroxylation is 1. The van der Waals surface area contributed by atoms with Crippen molar-refractivity contribution in [3.05, 3.63) is 74.2 Å². The van der Waals surface area contributed by atoms with E-state index in [1.807, 2.05) is 30.3 Å². The number of H-pyrrole nitrogens is 1. The minimum absolute atomic E-state index is 0.0867. The first-order chi connectivity index (χ1) is 10.6. The molecule has 0 aliphatic rings. The van der Waals surface area contributed by atoms with Crippen molar-refractivity contribution in [2.24, 2.45) is 0 Å². The van der Waals surface area contributed by atoms with Crippen molar-refractivity contribution in [1.29, 1.82) is 0 Å². The van der Waals surface area contributed by atoms with E-state index in [4.69, 9.17) is 0 Å². The summed E-state index contributed by atoms with van der Waals surface area (Å²) in [6, 6.07) is 14.0. The van der Waals surface area contributed by atoms with Gasteiger partial charge >= 0.3 is 0 Å². The Morgan fingerprint density at radius 3 is 2.68 bits per heavy atom. The second kappa shape index (κ2) is 6.42. The standard InChI is InChI=1S/C17H16BrN3O/c1-11-20-16-6-5-13(8-15(16)17(22)21-11)10-19-9-12-3-2-4-14(18)7-12/h2-8,19H,9-10H2,1H3,(H,20,21,22). The number of rotatable bonds is 4. The van der Waals surface area contributed by atoms with E-state index < -0.39 is 0 Å². The molecule has 2 N–H and O–H groups in total. The van der Waals surface area contributed by atoms with Gasteiger partial charge in [0, 0.05) is 17.6 Å². The maximum absolute atomic E-state index is 12.0.